The van der Waals surface area contributed by atoms with Crippen LogP contribution in [-0.2, 0) is 16.8 Å². The smallest absolute Gasteiger partial charge is 0.237 e. The Kier molecular flexibility index (Phi) is 6.57. The Morgan fingerprint density at radius 1 is 1.18 bits per heavy atom. The van der Waals surface area contributed by atoms with Crippen LogP contribution < -0.4 is 15.5 Å². The number of nitrogens with zero attached hydrogens (tertiary/aromatic N) is 5. The summed E-state index contributed by atoms with van der Waals surface area (Å²) in [7, 11) is 0. The molecule has 4 aromatic rings. The Balaban J connectivity index is 1.38. The number of aryl methyl sites for hydroxylation is 1. The van der Waals surface area contributed by atoms with Gasteiger partial charge in [0.25, 0.3) is 0 Å². The Labute approximate surface area is 234 Å². The Morgan fingerprint density at radius 3 is 2.70 bits per heavy atom. The van der Waals surface area contributed by atoms with Crippen molar-refractivity contribution in [2.45, 2.75) is 71.5 Å². The highest BCUT2D eigenvalue weighted by molar-refractivity contribution is 6.08. The molecule has 0 saturated heterocycles. The van der Waals surface area contributed by atoms with Gasteiger partial charge in [-0.2, -0.15) is 0 Å². The van der Waals surface area contributed by atoms with E-state index in [0.717, 1.165) is 47.2 Å². The molecule has 1 aliphatic heterocycles. The SMILES string of the molecule is CCn1cnc2cc(-c3ccc4c(c3)N(C3CC(NCC(C)C)C3)C(=O)C4(C)C)nc(Nc3ccncc3F)c21. The topological polar surface area (TPSA) is 88.0 Å². The first-order valence-corrected chi connectivity index (χ1v) is 14.1. The summed E-state index contributed by atoms with van der Waals surface area (Å²) in [5, 5.41) is 6.80. The second-order valence-electron chi connectivity index (χ2n) is 11.9. The molecule has 2 N–H and O–H groups in total. The molecular weight excluding hydrogens is 505 g/mol. The zero-order chi connectivity index (χ0) is 28.2. The van der Waals surface area contributed by atoms with E-state index in [2.05, 4.69) is 46.6 Å². The average Bonchev–Trinajstić information content (AvgIpc) is 3.41. The number of hydrogen-bond donors (Lipinski definition) is 2. The number of amides is 1. The molecule has 0 unspecified atom stereocenters. The van der Waals surface area contributed by atoms with Crippen LogP contribution in [0.5, 0.6) is 0 Å². The maximum atomic E-state index is 14.5. The molecule has 0 atom stereocenters. The predicted octanol–water partition coefficient (Wildman–Crippen LogP) is 5.80. The van der Waals surface area contributed by atoms with Gasteiger partial charge in [-0.15, -0.1) is 0 Å². The zero-order valence-electron chi connectivity index (χ0n) is 23.7. The van der Waals surface area contributed by atoms with Gasteiger partial charge in [-0.05, 0) is 69.8 Å². The first-order chi connectivity index (χ1) is 19.2. The van der Waals surface area contributed by atoms with E-state index in [-0.39, 0.29) is 11.9 Å². The minimum absolute atomic E-state index is 0.146. The quantitative estimate of drug-likeness (QED) is 0.293. The first-order valence-electron chi connectivity index (χ1n) is 14.1. The Bertz CT molecular complexity index is 1590. The lowest BCUT2D eigenvalue weighted by Crippen LogP contribution is -2.55. The number of halogens is 1. The number of pyridine rings is 2. The van der Waals surface area contributed by atoms with E-state index >= 15 is 0 Å². The molecule has 0 radical (unpaired) electrons. The van der Waals surface area contributed by atoms with Crippen LogP contribution in [0.2, 0.25) is 0 Å². The van der Waals surface area contributed by atoms with Gasteiger partial charge < -0.3 is 20.1 Å². The van der Waals surface area contributed by atoms with Crippen molar-refractivity contribution in [1.29, 1.82) is 0 Å². The van der Waals surface area contributed by atoms with Crippen molar-refractivity contribution in [2.24, 2.45) is 5.92 Å². The molecule has 8 nitrogen and oxygen atoms in total. The number of aromatic nitrogens is 4. The second kappa shape index (κ2) is 9.96. The average molecular weight is 542 g/mol. The lowest BCUT2D eigenvalue weighted by molar-refractivity contribution is -0.123. The third-order valence-corrected chi connectivity index (χ3v) is 8.24. The Morgan fingerprint density at radius 2 is 1.98 bits per heavy atom. The molecule has 1 aromatic carbocycles. The lowest BCUT2D eigenvalue weighted by Gasteiger charge is -2.42. The van der Waals surface area contributed by atoms with E-state index in [1.54, 1.807) is 18.6 Å². The van der Waals surface area contributed by atoms with E-state index in [0.29, 0.717) is 35.7 Å². The van der Waals surface area contributed by atoms with Gasteiger partial charge in [0.2, 0.25) is 5.91 Å². The third kappa shape index (κ3) is 4.42. The number of benzene rings is 1. The van der Waals surface area contributed by atoms with Crippen LogP contribution in [0.15, 0.2) is 49.1 Å². The molecule has 1 fully saturated rings. The van der Waals surface area contributed by atoms with Gasteiger partial charge in [0, 0.05) is 36.1 Å². The highest BCUT2D eigenvalue weighted by Crippen LogP contribution is 2.47. The first kappa shape index (κ1) is 26.4. The molecule has 1 amide bonds. The molecule has 9 heteroatoms. The van der Waals surface area contributed by atoms with E-state index < -0.39 is 11.2 Å². The van der Waals surface area contributed by atoms with Crippen molar-refractivity contribution in [3.05, 3.63) is 60.4 Å². The van der Waals surface area contributed by atoms with E-state index in [4.69, 9.17) is 4.98 Å². The molecule has 40 heavy (non-hydrogen) atoms. The van der Waals surface area contributed by atoms with Crippen LogP contribution in [0.1, 0.15) is 53.0 Å². The van der Waals surface area contributed by atoms with Crippen LogP contribution in [0.25, 0.3) is 22.3 Å². The number of carbonyl (C=O) groups is 1. The fraction of sp³-hybridized carbons (Fsp3) is 0.419. The number of fused-ring (bicyclic) bond motifs is 2. The zero-order valence-corrected chi connectivity index (χ0v) is 23.7. The summed E-state index contributed by atoms with van der Waals surface area (Å²) in [5.74, 6) is 0.801. The molecule has 208 valence electrons. The summed E-state index contributed by atoms with van der Waals surface area (Å²) in [4.78, 5) is 29.1. The minimum Gasteiger partial charge on any atom is -0.336 e. The van der Waals surface area contributed by atoms with Crippen molar-refractivity contribution in [2.75, 3.05) is 16.8 Å². The molecule has 3 aromatic heterocycles. The molecule has 1 aliphatic carbocycles. The number of carbonyl (C=O) groups excluding carboxylic acids is 1. The maximum Gasteiger partial charge on any atom is 0.237 e. The molecule has 1 saturated carbocycles. The molecule has 6 rings (SSSR count). The van der Waals surface area contributed by atoms with Crippen molar-refractivity contribution >= 4 is 34.1 Å². The van der Waals surface area contributed by atoms with Crippen LogP contribution in [0, 0.1) is 11.7 Å². The van der Waals surface area contributed by atoms with Crippen molar-refractivity contribution in [3.8, 4) is 11.3 Å². The minimum atomic E-state index is -0.590. The van der Waals surface area contributed by atoms with Gasteiger partial charge >= 0.3 is 0 Å². The normalized spacial score (nSPS) is 19.8. The van der Waals surface area contributed by atoms with Gasteiger partial charge in [0.1, 0.15) is 5.52 Å². The van der Waals surface area contributed by atoms with Crippen LogP contribution in [0.4, 0.5) is 21.6 Å². The standard InChI is InChI=1S/C31H36FN7O/c1-6-38-17-35-26-14-25(37-29(28(26)38)36-24-9-10-33-16-23(24)32)19-7-8-22-27(11-19)39(30(40)31(22,4)5)21-12-20(13-21)34-15-18(2)3/h7-11,14,16-18,20-21,34H,6,12-13,15H2,1-5H3,(H,33,36,37). The molecule has 0 spiro atoms. The molecule has 4 heterocycles. The highest BCUT2D eigenvalue weighted by Gasteiger charge is 2.49. The molecule has 0 bridgehead atoms. The monoisotopic (exact) mass is 541 g/mol. The maximum absolute atomic E-state index is 14.5. The number of imidazole rings is 1. The van der Waals surface area contributed by atoms with Gasteiger partial charge in [-0.1, -0.05) is 26.0 Å². The lowest BCUT2D eigenvalue weighted by atomic mass is 9.84. The summed E-state index contributed by atoms with van der Waals surface area (Å²) in [6.07, 6.45) is 6.39. The number of anilines is 3. The summed E-state index contributed by atoms with van der Waals surface area (Å²) >= 11 is 0. The second-order valence-corrected chi connectivity index (χ2v) is 11.9. The number of rotatable bonds is 8. The Hall–Kier alpha value is -3.85. The summed E-state index contributed by atoms with van der Waals surface area (Å²) in [6.45, 7) is 12.1. The van der Waals surface area contributed by atoms with Crippen molar-refractivity contribution in [3.63, 3.8) is 0 Å². The summed E-state index contributed by atoms with van der Waals surface area (Å²) < 4.78 is 16.5. The molecule has 2 aliphatic rings. The van der Waals surface area contributed by atoms with E-state index in [1.807, 2.05) is 42.4 Å². The highest BCUT2D eigenvalue weighted by atomic mass is 19.1. The van der Waals surface area contributed by atoms with Gasteiger partial charge in [-0.3, -0.25) is 9.78 Å². The summed E-state index contributed by atoms with van der Waals surface area (Å²) in [6, 6.07) is 10.3. The van der Waals surface area contributed by atoms with Crippen LogP contribution in [0.3, 0.4) is 0 Å². The van der Waals surface area contributed by atoms with Crippen LogP contribution in [-0.4, -0.2) is 44.1 Å². The number of nitrogens with one attached hydrogen (secondary N) is 2. The van der Waals surface area contributed by atoms with E-state index in [1.165, 1.54) is 6.20 Å². The van der Waals surface area contributed by atoms with Gasteiger partial charge in [0.15, 0.2) is 11.6 Å². The van der Waals surface area contributed by atoms with E-state index in [9.17, 15) is 9.18 Å². The number of hydrogen-bond acceptors (Lipinski definition) is 6. The largest absolute Gasteiger partial charge is 0.336 e. The van der Waals surface area contributed by atoms with Gasteiger partial charge in [0.05, 0.1) is 34.8 Å². The fourth-order valence-corrected chi connectivity index (χ4v) is 5.85. The third-order valence-electron chi connectivity index (χ3n) is 8.24. The predicted molar refractivity (Wildman–Crippen MR) is 156 cm³/mol. The summed E-state index contributed by atoms with van der Waals surface area (Å²) in [5.41, 5.74) is 4.84. The van der Waals surface area contributed by atoms with Gasteiger partial charge in [-0.25, -0.2) is 14.4 Å². The van der Waals surface area contributed by atoms with Crippen molar-refractivity contribution in [1.82, 2.24) is 24.8 Å². The molecular formula is C31H36FN7O. The van der Waals surface area contributed by atoms with Crippen molar-refractivity contribution < 1.29 is 9.18 Å². The fourth-order valence-electron chi connectivity index (χ4n) is 5.85. The van der Waals surface area contributed by atoms with Crippen LogP contribution >= 0.6 is 0 Å².